The lowest BCUT2D eigenvalue weighted by Crippen LogP contribution is -1.95. The van der Waals surface area contributed by atoms with Gasteiger partial charge >= 0.3 is 0 Å². The summed E-state index contributed by atoms with van der Waals surface area (Å²) in [4.78, 5) is 4.12. The molecular weight excluding hydrogens is 302 g/mol. The van der Waals surface area contributed by atoms with Crippen LogP contribution in [0.1, 0.15) is 5.69 Å². The molecular formula is C12H7BrClN3. The molecule has 3 nitrogen and oxygen atoms in total. The first-order chi connectivity index (χ1) is 8.19. The van der Waals surface area contributed by atoms with Crippen molar-refractivity contribution in [2.24, 2.45) is 0 Å². The SMILES string of the molecule is N#Cc1cccc(Nc2ccc(Cl)cc2Br)n1. The summed E-state index contributed by atoms with van der Waals surface area (Å²) in [7, 11) is 0. The van der Waals surface area contributed by atoms with E-state index < -0.39 is 0 Å². The summed E-state index contributed by atoms with van der Waals surface area (Å²) in [5.41, 5.74) is 1.22. The predicted octanol–water partition coefficient (Wildman–Crippen LogP) is 4.11. The van der Waals surface area contributed by atoms with Crippen LogP contribution in [0, 0.1) is 11.3 Å². The number of hydrogen-bond acceptors (Lipinski definition) is 3. The lowest BCUT2D eigenvalue weighted by atomic mass is 10.3. The van der Waals surface area contributed by atoms with Crippen molar-refractivity contribution in [2.75, 3.05) is 5.32 Å². The highest BCUT2D eigenvalue weighted by Gasteiger charge is 2.02. The van der Waals surface area contributed by atoms with E-state index in [-0.39, 0.29) is 0 Å². The standard InChI is InChI=1S/C12H7BrClN3/c13-10-6-8(14)4-5-11(10)17-12-3-1-2-9(7-15)16-12/h1-6H,(H,16,17). The summed E-state index contributed by atoms with van der Waals surface area (Å²) >= 11 is 9.25. The van der Waals surface area contributed by atoms with Crippen LogP contribution < -0.4 is 5.32 Å². The van der Waals surface area contributed by atoms with Crippen LogP contribution in [-0.4, -0.2) is 4.98 Å². The summed E-state index contributed by atoms with van der Waals surface area (Å²) < 4.78 is 0.842. The molecule has 0 spiro atoms. The fourth-order valence-corrected chi connectivity index (χ4v) is 2.08. The molecule has 1 N–H and O–H groups in total. The molecule has 0 amide bonds. The Morgan fingerprint density at radius 2 is 2.12 bits per heavy atom. The topological polar surface area (TPSA) is 48.7 Å². The van der Waals surface area contributed by atoms with Crippen molar-refractivity contribution in [1.29, 1.82) is 5.26 Å². The maximum Gasteiger partial charge on any atom is 0.142 e. The number of pyridine rings is 1. The van der Waals surface area contributed by atoms with Crippen LogP contribution in [0.25, 0.3) is 0 Å². The minimum absolute atomic E-state index is 0.375. The van der Waals surface area contributed by atoms with Crippen molar-refractivity contribution < 1.29 is 0 Å². The molecule has 5 heteroatoms. The van der Waals surface area contributed by atoms with Crippen LogP contribution in [0.4, 0.5) is 11.5 Å². The molecule has 1 heterocycles. The number of benzene rings is 1. The van der Waals surface area contributed by atoms with Gasteiger partial charge in [-0.2, -0.15) is 5.26 Å². The molecule has 0 aliphatic heterocycles. The average molecular weight is 309 g/mol. The monoisotopic (exact) mass is 307 g/mol. The highest BCUT2D eigenvalue weighted by atomic mass is 79.9. The molecule has 2 rings (SSSR count). The maximum absolute atomic E-state index is 8.75. The number of hydrogen-bond donors (Lipinski definition) is 1. The molecule has 2 aromatic rings. The van der Waals surface area contributed by atoms with E-state index in [0.717, 1.165) is 10.2 Å². The molecule has 0 saturated heterocycles. The van der Waals surface area contributed by atoms with Gasteiger partial charge in [0.15, 0.2) is 0 Å². The number of anilines is 2. The van der Waals surface area contributed by atoms with Crippen molar-refractivity contribution in [3.8, 4) is 6.07 Å². The van der Waals surface area contributed by atoms with Crippen LogP contribution >= 0.6 is 27.5 Å². The van der Waals surface area contributed by atoms with Gasteiger partial charge in [-0.1, -0.05) is 17.7 Å². The molecule has 0 unspecified atom stereocenters. The largest absolute Gasteiger partial charge is 0.339 e. The molecule has 1 aromatic carbocycles. The van der Waals surface area contributed by atoms with Gasteiger partial charge in [0, 0.05) is 9.50 Å². The lowest BCUT2D eigenvalue weighted by molar-refractivity contribution is 1.25. The van der Waals surface area contributed by atoms with Gasteiger partial charge in [0.05, 0.1) is 5.69 Å². The molecule has 1 aromatic heterocycles. The number of halogens is 2. The summed E-state index contributed by atoms with van der Waals surface area (Å²) in [6, 6.07) is 12.6. The molecule has 0 aliphatic carbocycles. The van der Waals surface area contributed by atoms with Crippen LogP contribution in [0.15, 0.2) is 40.9 Å². The Bertz CT molecular complexity index is 593. The Morgan fingerprint density at radius 3 is 2.82 bits per heavy atom. The van der Waals surface area contributed by atoms with Crippen LogP contribution in [0.2, 0.25) is 5.02 Å². The van der Waals surface area contributed by atoms with E-state index in [4.69, 9.17) is 16.9 Å². The first-order valence-corrected chi connectivity index (χ1v) is 5.95. The second-order valence-electron chi connectivity index (χ2n) is 3.27. The molecule has 0 aliphatic rings. The average Bonchev–Trinajstić information content (AvgIpc) is 2.33. The van der Waals surface area contributed by atoms with Crippen molar-refractivity contribution in [3.63, 3.8) is 0 Å². The number of nitriles is 1. The van der Waals surface area contributed by atoms with Crippen molar-refractivity contribution in [3.05, 3.63) is 51.6 Å². The van der Waals surface area contributed by atoms with Gasteiger partial charge in [-0.3, -0.25) is 0 Å². The quantitative estimate of drug-likeness (QED) is 0.908. The third-order valence-electron chi connectivity index (χ3n) is 2.06. The van der Waals surface area contributed by atoms with Gasteiger partial charge in [0.2, 0.25) is 0 Å². The van der Waals surface area contributed by atoms with Crippen molar-refractivity contribution in [1.82, 2.24) is 4.98 Å². The summed E-state index contributed by atoms with van der Waals surface area (Å²) in [6.07, 6.45) is 0. The molecule has 0 bridgehead atoms. The van der Waals surface area contributed by atoms with E-state index in [2.05, 4.69) is 26.2 Å². The summed E-state index contributed by atoms with van der Waals surface area (Å²) in [5.74, 6) is 0.618. The molecule has 0 radical (unpaired) electrons. The zero-order valence-electron chi connectivity index (χ0n) is 8.61. The van der Waals surface area contributed by atoms with E-state index >= 15 is 0 Å². The Hall–Kier alpha value is -1.57. The lowest BCUT2D eigenvalue weighted by Gasteiger charge is -2.07. The molecule has 17 heavy (non-hydrogen) atoms. The predicted molar refractivity (Wildman–Crippen MR) is 71.4 cm³/mol. The van der Waals surface area contributed by atoms with E-state index in [1.165, 1.54) is 0 Å². The first kappa shape index (κ1) is 11.9. The zero-order chi connectivity index (χ0) is 12.3. The van der Waals surface area contributed by atoms with E-state index in [0.29, 0.717) is 16.5 Å². The zero-order valence-corrected chi connectivity index (χ0v) is 11.0. The molecule has 0 atom stereocenters. The highest BCUT2D eigenvalue weighted by molar-refractivity contribution is 9.10. The van der Waals surface area contributed by atoms with Gasteiger partial charge in [-0.25, -0.2) is 4.98 Å². The Labute approximate surface area is 112 Å². The van der Waals surface area contributed by atoms with Crippen LogP contribution in [-0.2, 0) is 0 Å². The number of rotatable bonds is 2. The molecule has 84 valence electrons. The third-order valence-corrected chi connectivity index (χ3v) is 2.95. The number of aromatic nitrogens is 1. The van der Waals surface area contributed by atoms with Crippen LogP contribution in [0.3, 0.4) is 0 Å². The molecule has 0 saturated carbocycles. The second kappa shape index (κ2) is 5.17. The fraction of sp³-hybridized carbons (Fsp3) is 0. The van der Waals surface area contributed by atoms with Crippen molar-refractivity contribution in [2.45, 2.75) is 0 Å². The number of nitrogens with one attached hydrogen (secondary N) is 1. The van der Waals surface area contributed by atoms with Gasteiger partial charge < -0.3 is 5.32 Å². The van der Waals surface area contributed by atoms with Crippen molar-refractivity contribution >= 4 is 39.0 Å². The Kier molecular flexibility index (Phi) is 3.62. The number of nitrogens with zero attached hydrogens (tertiary/aromatic N) is 2. The van der Waals surface area contributed by atoms with E-state index in [1.54, 1.807) is 30.3 Å². The Balaban J connectivity index is 2.28. The van der Waals surface area contributed by atoms with E-state index in [9.17, 15) is 0 Å². The third kappa shape index (κ3) is 2.96. The Morgan fingerprint density at radius 1 is 1.29 bits per heavy atom. The smallest absolute Gasteiger partial charge is 0.142 e. The fourth-order valence-electron chi connectivity index (χ4n) is 1.30. The summed E-state index contributed by atoms with van der Waals surface area (Å²) in [5, 5.41) is 12.5. The van der Waals surface area contributed by atoms with Gasteiger partial charge in [-0.05, 0) is 46.3 Å². The normalized spacial score (nSPS) is 9.71. The van der Waals surface area contributed by atoms with E-state index in [1.807, 2.05) is 12.1 Å². The molecule has 0 fully saturated rings. The maximum atomic E-state index is 8.75. The van der Waals surface area contributed by atoms with Gasteiger partial charge in [0.1, 0.15) is 17.6 Å². The minimum atomic E-state index is 0.375. The van der Waals surface area contributed by atoms with Gasteiger partial charge in [0.25, 0.3) is 0 Å². The highest BCUT2D eigenvalue weighted by Crippen LogP contribution is 2.27. The first-order valence-electron chi connectivity index (χ1n) is 4.78. The minimum Gasteiger partial charge on any atom is -0.339 e. The summed E-state index contributed by atoms with van der Waals surface area (Å²) in [6.45, 7) is 0. The van der Waals surface area contributed by atoms with Crippen LogP contribution in [0.5, 0.6) is 0 Å². The second-order valence-corrected chi connectivity index (χ2v) is 4.56. The van der Waals surface area contributed by atoms with Gasteiger partial charge in [-0.15, -0.1) is 0 Å².